The van der Waals surface area contributed by atoms with Gasteiger partial charge in [-0.15, -0.1) is 5.10 Å². The number of benzene rings is 2. The van der Waals surface area contributed by atoms with Crippen LogP contribution in [0.5, 0.6) is 5.75 Å². The second-order valence-corrected chi connectivity index (χ2v) is 7.16. The van der Waals surface area contributed by atoms with Crippen molar-refractivity contribution in [1.82, 2.24) is 20.1 Å². The fourth-order valence-electron chi connectivity index (χ4n) is 2.88. The fourth-order valence-corrected chi connectivity index (χ4v) is 2.88. The van der Waals surface area contributed by atoms with E-state index in [-0.39, 0.29) is 18.3 Å². The first kappa shape index (κ1) is 20.5. The van der Waals surface area contributed by atoms with Gasteiger partial charge in [0.15, 0.2) is 0 Å². The van der Waals surface area contributed by atoms with Crippen molar-refractivity contribution in [3.63, 3.8) is 0 Å². The summed E-state index contributed by atoms with van der Waals surface area (Å²) in [6.07, 6.45) is 0.678. The summed E-state index contributed by atoms with van der Waals surface area (Å²) in [4.78, 5) is 16.4. The molecule has 2 N–H and O–H groups in total. The first-order valence-corrected chi connectivity index (χ1v) is 9.54. The molecule has 0 bridgehead atoms. The van der Waals surface area contributed by atoms with Crippen LogP contribution in [0.3, 0.4) is 0 Å². The number of hydrogen-bond acceptors (Lipinski definition) is 5. The maximum atomic E-state index is 12.3. The second kappa shape index (κ2) is 9.34. The highest BCUT2D eigenvalue weighted by molar-refractivity contribution is 5.90. The molecule has 0 aliphatic carbocycles. The first-order chi connectivity index (χ1) is 14.0. The molecule has 3 aromatic rings. The molecule has 2 aromatic carbocycles. The minimum Gasteiger partial charge on any atom is -0.497 e. The third-order valence-corrected chi connectivity index (χ3v) is 4.70. The maximum Gasteiger partial charge on any atom is 0.291 e. The summed E-state index contributed by atoms with van der Waals surface area (Å²) < 4.78 is 6.57. The molecule has 0 saturated heterocycles. The Morgan fingerprint density at radius 1 is 1.10 bits per heavy atom. The Bertz CT molecular complexity index is 933. The second-order valence-electron chi connectivity index (χ2n) is 7.16. The molecule has 0 aliphatic rings. The normalized spacial score (nSPS) is 12.0. The van der Waals surface area contributed by atoms with Crippen molar-refractivity contribution in [2.24, 2.45) is 0 Å². The average molecular weight is 394 g/mol. The highest BCUT2D eigenvalue weighted by Crippen LogP contribution is 2.19. The van der Waals surface area contributed by atoms with Crippen LogP contribution in [0.4, 0.5) is 0 Å². The molecule has 3 rings (SSSR count). The maximum absolute atomic E-state index is 12.3. The Labute approximate surface area is 170 Å². The molecule has 1 atom stereocenters. The van der Waals surface area contributed by atoms with Gasteiger partial charge >= 0.3 is 0 Å². The van der Waals surface area contributed by atoms with Crippen LogP contribution in [0, 0.1) is 0 Å². The average Bonchev–Trinajstić information content (AvgIpc) is 3.21. The number of hydrogen-bond donors (Lipinski definition) is 2. The predicted molar refractivity (Wildman–Crippen MR) is 110 cm³/mol. The van der Waals surface area contributed by atoms with Crippen molar-refractivity contribution in [2.75, 3.05) is 7.11 Å². The van der Waals surface area contributed by atoms with Gasteiger partial charge in [-0.05, 0) is 34.7 Å². The van der Waals surface area contributed by atoms with E-state index in [1.54, 1.807) is 31.4 Å². The molecule has 0 fully saturated rings. The van der Waals surface area contributed by atoms with Crippen LogP contribution in [-0.4, -0.2) is 32.9 Å². The zero-order chi connectivity index (χ0) is 20.8. The molecular formula is C22H26N4O3. The monoisotopic (exact) mass is 394 g/mol. The van der Waals surface area contributed by atoms with Gasteiger partial charge in [0, 0.05) is 6.54 Å². The molecular weight excluding hydrogens is 368 g/mol. The van der Waals surface area contributed by atoms with Gasteiger partial charge in [0.05, 0.1) is 19.8 Å². The summed E-state index contributed by atoms with van der Waals surface area (Å²) in [6.45, 7) is 4.89. The number of ether oxygens (including phenoxy) is 1. The summed E-state index contributed by atoms with van der Waals surface area (Å²) in [6, 6.07) is 15.3. The van der Waals surface area contributed by atoms with Crippen molar-refractivity contribution in [3.05, 3.63) is 77.4 Å². The van der Waals surface area contributed by atoms with E-state index in [2.05, 4.69) is 41.4 Å². The van der Waals surface area contributed by atoms with E-state index in [0.29, 0.717) is 12.5 Å². The van der Waals surface area contributed by atoms with Gasteiger partial charge in [-0.1, -0.05) is 50.2 Å². The van der Waals surface area contributed by atoms with Gasteiger partial charge in [0.2, 0.25) is 5.82 Å². The van der Waals surface area contributed by atoms with E-state index in [9.17, 15) is 9.90 Å². The number of amides is 1. The number of nitrogens with zero attached hydrogens (tertiary/aromatic N) is 3. The van der Waals surface area contributed by atoms with Gasteiger partial charge in [-0.25, -0.2) is 9.67 Å². The first-order valence-electron chi connectivity index (χ1n) is 9.54. The molecule has 7 nitrogen and oxygen atoms in total. The Balaban J connectivity index is 1.54. The predicted octanol–water partition coefficient (Wildman–Crippen LogP) is 3.07. The van der Waals surface area contributed by atoms with E-state index in [1.165, 1.54) is 16.6 Å². The lowest BCUT2D eigenvalue weighted by molar-refractivity contribution is 0.0938. The summed E-state index contributed by atoms with van der Waals surface area (Å²) >= 11 is 0. The lowest BCUT2D eigenvalue weighted by atomic mass is 10.0. The third kappa shape index (κ3) is 5.42. The molecule has 1 heterocycles. The van der Waals surface area contributed by atoms with Crippen LogP contribution >= 0.6 is 0 Å². The van der Waals surface area contributed by atoms with E-state index in [1.807, 2.05) is 12.1 Å². The molecule has 0 spiro atoms. The number of aromatic nitrogens is 3. The topological polar surface area (TPSA) is 89.3 Å². The van der Waals surface area contributed by atoms with Crippen LogP contribution in [-0.2, 0) is 13.1 Å². The zero-order valence-corrected chi connectivity index (χ0v) is 16.9. The number of carbonyl (C=O) groups excluding carboxylic acids is 1. The van der Waals surface area contributed by atoms with E-state index in [4.69, 9.17) is 4.74 Å². The van der Waals surface area contributed by atoms with Gasteiger partial charge in [-0.2, -0.15) is 0 Å². The number of methoxy groups -OCH3 is 1. The van der Waals surface area contributed by atoms with Crippen LogP contribution in [0.2, 0.25) is 0 Å². The van der Waals surface area contributed by atoms with Crippen molar-refractivity contribution in [3.8, 4) is 5.75 Å². The van der Waals surface area contributed by atoms with Crippen molar-refractivity contribution in [2.45, 2.75) is 39.0 Å². The minimum atomic E-state index is -0.766. The molecule has 29 heavy (non-hydrogen) atoms. The van der Waals surface area contributed by atoms with Crippen molar-refractivity contribution in [1.29, 1.82) is 0 Å². The number of aliphatic hydroxyl groups excluding tert-OH is 1. The summed E-state index contributed by atoms with van der Waals surface area (Å²) in [7, 11) is 1.59. The number of nitrogens with one attached hydrogen (secondary N) is 1. The van der Waals surface area contributed by atoms with E-state index < -0.39 is 6.10 Å². The van der Waals surface area contributed by atoms with E-state index >= 15 is 0 Å². The molecule has 7 heteroatoms. The molecule has 0 unspecified atom stereocenters. The van der Waals surface area contributed by atoms with Gasteiger partial charge in [0.1, 0.15) is 12.1 Å². The molecule has 1 aromatic heterocycles. The van der Waals surface area contributed by atoms with E-state index in [0.717, 1.165) is 16.9 Å². The lowest BCUT2D eigenvalue weighted by Gasteiger charge is -2.11. The highest BCUT2D eigenvalue weighted by atomic mass is 16.5. The fraction of sp³-hybridized carbons (Fsp3) is 0.318. The van der Waals surface area contributed by atoms with Crippen molar-refractivity contribution < 1.29 is 14.6 Å². The highest BCUT2D eigenvalue weighted by Gasteiger charge is 2.14. The van der Waals surface area contributed by atoms with Gasteiger partial charge < -0.3 is 15.2 Å². The van der Waals surface area contributed by atoms with Gasteiger partial charge in [-0.3, -0.25) is 4.79 Å². The van der Waals surface area contributed by atoms with Crippen LogP contribution in [0.25, 0.3) is 0 Å². The van der Waals surface area contributed by atoms with Crippen molar-refractivity contribution >= 4 is 5.91 Å². The molecule has 0 radical (unpaired) electrons. The van der Waals surface area contributed by atoms with Crippen LogP contribution in [0.15, 0.2) is 54.9 Å². The number of aliphatic hydroxyl groups is 1. The molecule has 152 valence electrons. The smallest absolute Gasteiger partial charge is 0.291 e. The Morgan fingerprint density at radius 3 is 2.38 bits per heavy atom. The zero-order valence-electron chi connectivity index (χ0n) is 16.9. The summed E-state index contributed by atoms with van der Waals surface area (Å²) in [5.41, 5.74) is 3.00. The molecule has 0 saturated carbocycles. The standard InChI is InChI=1S/C22H26N4O3/c1-15(2)17-6-4-16(5-7-17)12-23-22(28)21-24-14-26(25-21)13-20(27)18-8-10-19(29-3)11-9-18/h4-11,14-15,20,27H,12-13H2,1-3H3,(H,23,28)/t20-/m1/s1. The van der Waals surface area contributed by atoms with Crippen LogP contribution in [0.1, 0.15) is 53.2 Å². The van der Waals surface area contributed by atoms with Crippen LogP contribution < -0.4 is 10.1 Å². The summed E-state index contributed by atoms with van der Waals surface area (Å²) in [5.74, 6) is 0.918. The Hall–Kier alpha value is -3.19. The Kier molecular flexibility index (Phi) is 6.61. The molecule has 1 amide bonds. The SMILES string of the molecule is COc1ccc([C@H](O)Cn2cnc(C(=O)NCc3ccc(C(C)C)cc3)n2)cc1. The minimum absolute atomic E-state index is 0.0748. The quantitative estimate of drug-likeness (QED) is 0.613. The Morgan fingerprint density at radius 2 is 1.76 bits per heavy atom. The third-order valence-electron chi connectivity index (χ3n) is 4.70. The lowest BCUT2D eigenvalue weighted by Crippen LogP contribution is -2.24. The summed E-state index contributed by atoms with van der Waals surface area (Å²) in [5, 5.41) is 17.4. The molecule has 0 aliphatic heterocycles. The largest absolute Gasteiger partial charge is 0.497 e. The number of carbonyl (C=O) groups is 1. The number of rotatable bonds is 8. The van der Waals surface area contributed by atoms with Gasteiger partial charge in [0.25, 0.3) is 5.91 Å².